The number of hydrogen-bond donors (Lipinski definition) is 1. The molecular weight excluding hydrogens is 296 g/mol. The van der Waals surface area contributed by atoms with Gasteiger partial charge in [0.1, 0.15) is 0 Å². The Morgan fingerprint density at radius 2 is 2.17 bits per heavy atom. The van der Waals surface area contributed by atoms with Crippen LogP contribution in [0.25, 0.3) is 0 Å². The maximum atomic E-state index is 10.2. The summed E-state index contributed by atoms with van der Waals surface area (Å²) in [6, 6.07) is 0. The lowest BCUT2D eigenvalue weighted by molar-refractivity contribution is -0.390. The average Bonchev–Trinajstić information content (AvgIpc) is 2.00. The molecule has 0 aliphatic rings. The molecule has 0 aromatic carbocycles. The van der Waals surface area contributed by atoms with Crippen molar-refractivity contribution in [2.24, 2.45) is 0 Å². The van der Waals surface area contributed by atoms with Gasteiger partial charge in [0.05, 0.1) is 8.95 Å². The minimum atomic E-state index is -0.757. The van der Waals surface area contributed by atoms with Crippen molar-refractivity contribution in [3.8, 4) is 5.75 Å². The van der Waals surface area contributed by atoms with Crippen LogP contribution < -0.4 is 0 Å². The predicted octanol–water partition coefficient (Wildman–Crippen LogP) is 2.22. The van der Waals surface area contributed by atoms with E-state index in [1.54, 1.807) is 0 Å². The zero-order valence-electron chi connectivity index (χ0n) is 5.49. The quantitative estimate of drug-likeness (QED) is 0.637. The molecule has 1 aromatic rings. The molecule has 0 saturated heterocycles. The summed E-state index contributed by atoms with van der Waals surface area (Å²) < 4.78 is 0.690. The molecule has 0 atom stereocenters. The molecule has 0 radical (unpaired) electrons. The molecule has 0 aliphatic heterocycles. The molecule has 64 valence electrons. The lowest BCUT2D eigenvalue weighted by atomic mass is 10.4. The molecule has 1 rings (SSSR count). The Balaban J connectivity index is 3.36. The number of halogens is 2. The first-order chi connectivity index (χ1) is 5.54. The van der Waals surface area contributed by atoms with E-state index in [4.69, 9.17) is 5.11 Å². The summed E-state index contributed by atoms with van der Waals surface area (Å²) in [7, 11) is 0. The molecule has 1 aromatic heterocycles. The fourth-order valence-corrected chi connectivity index (χ4v) is 1.15. The highest BCUT2D eigenvalue weighted by Gasteiger charge is 2.19. The third kappa shape index (κ3) is 1.56. The van der Waals surface area contributed by atoms with Crippen molar-refractivity contribution in [2.75, 3.05) is 0 Å². The Kier molecular flexibility index (Phi) is 2.63. The van der Waals surface area contributed by atoms with Crippen molar-refractivity contribution in [3.05, 3.63) is 25.3 Å². The van der Waals surface area contributed by atoms with Gasteiger partial charge >= 0.3 is 5.82 Å². The summed E-state index contributed by atoms with van der Waals surface area (Å²) in [5.41, 5.74) is 0. The van der Waals surface area contributed by atoms with Crippen LogP contribution in [0, 0.1) is 10.1 Å². The molecule has 5 nitrogen and oxygen atoms in total. The van der Waals surface area contributed by atoms with Crippen molar-refractivity contribution in [1.82, 2.24) is 4.98 Å². The first-order valence-electron chi connectivity index (χ1n) is 2.71. The van der Waals surface area contributed by atoms with Gasteiger partial charge in [-0.3, -0.25) is 0 Å². The van der Waals surface area contributed by atoms with E-state index in [9.17, 15) is 10.1 Å². The molecule has 0 bridgehead atoms. The van der Waals surface area contributed by atoms with Crippen LogP contribution in [0.5, 0.6) is 5.75 Å². The first-order valence-corrected chi connectivity index (χ1v) is 4.30. The minimum Gasteiger partial charge on any atom is -0.500 e. The van der Waals surface area contributed by atoms with E-state index in [0.29, 0.717) is 4.47 Å². The predicted molar refractivity (Wildman–Crippen MR) is 48.0 cm³/mol. The molecule has 1 heterocycles. The van der Waals surface area contributed by atoms with Gasteiger partial charge in [-0.1, -0.05) is 0 Å². The Hall–Kier alpha value is -0.690. The molecule has 12 heavy (non-hydrogen) atoms. The van der Waals surface area contributed by atoms with Gasteiger partial charge in [0.15, 0.2) is 6.20 Å². The normalized spacial score (nSPS) is 9.83. The number of nitrogens with zero attached hydrogens (tertiary/aromatic N) is 2. The Bertz CT molecular complexity index is 342. The third-order valence-electron chi connectivity index (χ3n) is 1.10. The lowest BCUT2D eigenvalue weighted by Crippen LogP contribution is -1.92. The second-order valence-electron chi connectivity index (χ2n) is 1.85. The van der Waals surface area contributed by atoms with Gasteiger partial charge in [-0.05, 0) is 41.8 Å². The fourth-order valence-electron chi connectivity index (χ4n) is 0.581. The van der Waals surface area contributed by atoms with E-state index in [1.807, 2.05) is 0 Å². The fraction of sp³-hybridized carbons (Fsp3) is 0. The van der Waals surface area contributed by atoms with E-state index in [2.05, 4.69) is 36.8 Å². The van der Waals surface area contributed by atoms with Crippen molar-refractivity contribution >= 4 is 37.7 Å². The second kappa shape index (κ2) is 3.36. The Morgan fingerprint density at radius 1 is 1.58 bits per heavy atom. The summed E-state index contributed by atoms with van der Waals surface area (Å²) in [6.45, 7) is 0. The summed E-state index contributed by atoms with van der Waals surface area (Å²) in [5.74, 6) is -1.04. The second-order valence-corrected chi connectivity index (χ2v) is 3.50. The van der Waals surface area contributed by atoms with Gasteiger partial charge in [0.25, 0.3) is 0 Å². The third-order valence-corrected chi connectivity index (χ3v) is 3.04. The number of aromatic hydroxyl groups is 1. The monoisotopic (exact) mass is 296 g/mol. The van der Waals surface area contributed by atoms with E-state index in [0.717, 1.165) is 0 Å². The van der Waals surface area contributed by atoms with Crippen LogP contribution in [0.1, 0.15) is 0 Å². The summed E-state index contributed by atoms with van der Waals surface area (Å²) in [5, 5.41) is 19.4. The molecule has 0 amide bonds. The summed E-state index contributed by atoms with van der Waals surface area (Å²) in [4.78, 5) is 12.9. The Morgan fingerprint density at radius 3 is 2.67 bits per heavy atom. The van der Waals surface area contributed by atoms with Crippen molar-refractivity contribution < 1.29 is 10.0 Å². The molecule has 1 N–H and O–H groups in total. The van der Waals surface area contributed by atoms with Gasteiger partial charge in [-0.15, -0.1) is 0 Å². The molecule has 0 spiro atoms. The van der Waals surface area contributed by atoms with Crippen LogP contribution in [-0.4, -0.2) is 15.0 Å². The highest BCUT2D eigenvalue weighted by Crippen LogP contribution is 2.36. The SMILES string of the molecule is O=[N+]([O-])c1ncc(Br)c(Br)c1O. The largest absolute Gasteiger partial charge is 0.500 e. The molecule has 0 fully saturated rings. The number of nitro groups is 1. The number of hydrogen-bond acceptors (Lipinski definition) is 4. The number of aromatic nitrogens is 1. The first kappa shape index (κ1) is 9.40. The van der Waals surface area contributed by atoms with Crippen molar-refractivity contribution in [3.63, 3.8) is 0 Å². The minimum absolute atomic E-state index is 0.226. The highest BCUT2D eigenvalue weighted by molar-refractivity contribution is 9.13. The van der Waals surface area contributed by atoms with Crippen LogP contribution >= 0.6 is 31.9 Å². The van der Waals surface area contributed by atoms with E-state index >= 15 is 0 Å². The standard InChI is InChI=1S/C5H2Br2N2O3/c6-2-1-8-5(9(11)12)4(10)3(2)7/h1,10H. The van der Waals surface area contributed by atoms with Crippen molar-refractivity contribution in [1.29, 1.82) is 0 Å². The maximum absolute atomic E-state index is 10.2. The molecule has 0 saturated carbocycles. The van der Waals surface area contributed by atoms with E-state index < -0.39 is 16.5 Å². The summed E-state index contributed by atoms with van der Waals surface area (Å²) >= 11 is 5.99. The molecular formula is C5H2Br2N2O3. The lowest BCUT2D eigenvalue weighted by Gasteiger charge is -1.98. The summed E-state index contributed by atoms with van der Waals surface area (Å²) in [6.07, 6.45) is 1.24. The number of pyridine rings is 1. The topological polar surface area (TPSA) is 76.3 Å². The van der Waals surface area contributed by atoms with E-state index in [1.165, 1.54) is 6.20 Å². The Labute approximate surface area is 83.8 Å². The van der Waals surface area contributed by atoms with Crippen LogP contribution in [0.2, 0.25) is 0 Å². The van der Waals surface area contributed by atoms with Gasteiger partial charge < -0.3 is 15.2 Å². The highest BCUT2D eigenvalue weighted by atomic mass is 79.9. The van der Waals surface area contributed by atoms with Gasteiger partial charge in [0, 0.05) is 0 Å². The molecule has 7 heteroatoms. The van der Waals surface area contributed by atoms with Crippen LogP contribution in [0.15, 0.2) is 15.1 Å². The van der Waals surface area contributed by atoms with Gasteiger partial charge in [-0.25, -0.2) is 0 Å². The van der Waals surface area contributed by atoms with Crippen molar-refractivity contribution in [2.45, 2.75) is 0 Å². The van der Waals surface area contributed by atoms with Gasteiger partial charge in [-0.2, -0.15) is 0 Å². The van der Waals surface area contributed by atoms with Crippen LogP contribution in [0.4, 0.5) is 5.82 Å². The maximum Gasteiger partial charge on any atom is 0.407 e. The van der Waals surface area contributed by atoms with E-state index in [-0.39, 0.29) is 4.47 Å². The van der Waals surface area contributed by atoms with Crippen LogP contribution in [0.3, 0.4) is 0 Å². The zero-order chi connectivity index (χ0) is 9.30. The van der Waals surface area contributed by atoms with Crippen LogP contribution in [-0.2, 0) is 0 Å². The average molecular weight is 298 g/mol. The molecule has 0 aliphatic carbocycles. The molecule has 0 unspecified atom stereocenters. The smallest absolute Gasteiger partial charge is 0.407 e. The van der Waals surface area contributed by atoms with Gasteiger partial charge in [0.2, 0.25) is 5.75 Å². The number of rotatable bonds is 1. The zero-order valence-corrected chi connectivity index (χ0v) is 8.66.